The Kier molecular flexibility index (Phi) is 5.32. The predicted molar refractivity (Wildman–Crippen MR) is 106 cm³/mol. The van der Waals surface area contributed by atoms with Crippen LogP contribution in [-0.2, 0) is 11.2 Å². The molecule has 0 spiro atoms. The van der Waals surface area contributed by atoms with Gasteiger partial charge in [0.15, 0.2) is 5.65 Å². The first-order valence-corrected chi connectivity index (χ1v) is 9.62. The molecule has 2 aromatic heterocycles. The van der Waals surface area contributed by atoms with Gasteiger partial charge in [-0.15, -0.1) is 0 Å². The van der Waals surface area contributed by atoms with Crippen LogP contribution in [0.3, 0.4) is 0 Å². The molecule has 6 nitrogen and oxygen atoms in total. The average molecular weight is 363 g/mol. The topological polar surface area (TPSA) is 62.5 Å². The van der Waals surface area contributed by atoms with Gasteiger partial charge in [-0.1, -0.05) is 30.3 Å². The fourth-order valence-corrected chi connectivity index (χ4v) is 3.76. The molecular weight excluding hydrogens is 338 g/mol. The van der Waals surface area contributed by atoms with Crippen LogP contribution in [0.2, 0.25) is 0 Å². The maximum atomic E-state index is 12.5. The van der Waals surface area contributed by atoms with Crippen molar-refractivity contribution in [1.29, 1.82) is 0 Å². The van der Waals surface area contributed by atoms with Crippen LogP contribution in [0.1, 0.15) is 24.8 Å². The van der Waals surface area contributed by atoms with Crippen LogP contribution in [0.5, 0.6) is 0 Å². The highest BCUT2D eigenvalue weighted by Crippen LogP contribution is 2.22. The molecular formula is C21H25N5O. The van der Waals surface area contributed by atoms with E-state index >= 15 is 0 Å². The van der Waals surface area contributed by atoms with Crippen LogP contribution < -0.4 is 5.32 Å². The van der Waals surface area contributed by atoms with Gasteiger partial charge in [0.2, 0.25) is 5.91 Å². The number of anilines is 1. The molecule has 140 valence electrons. The summed E-state index contributed by atoms with van der Waals surface area (Å²) in [5, 5.41) is 3.30. The number of likely N-dealkylation sites (tertiary alicyclic amines) is 1. The van der Waals surface area contributed by atoms with E-state index in [1.54, 1.807) is 18.6 Å². The van der Waals surface area contributed by atoms with Gasteiger partial charge in [-0.25, -0.2) is 4.98 Å². The number of hydrogen-bond donors (Lipinski definition) is 1. The molecule has 3 aromatic rings. The van der Waals surface area contributed by atoms with Gasteiger partial charge in [0.1, 0.15) is 5.82 Å². The SMILES string of the molecule is O=C(CCNc1cnc2cnccn12)N1CCC(Cc2ccccc2)CC1. The number of rotatable bonds is 6. The Morgan fingerprint density at radius 1 is 1.15 bits per heavy atom. The minimum Gasteiger partial charge on any atom is -0.369 e. The van der Waals surface area contributed by atoms with E-state index in [1.165, 1.54) is 5.56 Å². The molecule has 6 heteroatoms. The minimum absolute atomic E-state index is 0.233. The Morgan fingerprint density at radius 3 is 2.78 bits per heavy atom. The number of nitrogens with zero attached hydrogens (tertiary/aromatic N) is 4. The Morgan fingerprint density at radius 2 is 1.96 bits per heavy atom. The highest BCUT2D eigenvalue weighted by molar-refractivity contribution is 5.76. The highest BCUT2D eigenvalue weighted by Gasteiger charge is 2.22. The molecule has 0 saturated carbocycles. The van der Waals surface area contributed by atoms with Crippen LogP contribution in [-0.4, -0.2) is 44.8 Å². The van der Waals surface area contributed by atoms with E-state index in [-0.39, 0.29) is 5.91 Å². The summed E-state index contributed by atoms with van der Waals surface area (Å²) in [6.45, 7) is 2.36. The number of carbonyl (C=O) groups is 1. The lowest BCUT2D eigenvalue weighted by atomic mass is 9.90. The van der Waals surface area contributed by atoms with E-state index < -0.39 is 0 Å². The predicted octanol–water partition coefficient (Wildman–Crippen LogP) is 3.01. The Hall–Kier alpha value is -2.89. The lowest BCUT2D eigenvalue weighted by molar-refractivity contribution is -0.132. The van der Waals surface area contributed by atoms with Crippen molar-refractivity contribution in [3.05, 3.63) is 60.7 Å². The number of aromatic nitrogens is 3. The summed E-state index contributed by atoms with van der Waals surface area (Å²) in [5.41, 5.74) is 2.20. The molecule has 1 saturated heterocycles. The second-order valence-corrected chi connectivity index (χ2v) is 7.14. The fraction of sp³-hybridized carbons (Fsp3) is 0.381. The monoisotopic (exact) mass is 363 g/mol. The maximum absolute atomic E-state index is 12.5. The summed E-state index contributed by atoms with van der Waals surface area (Å²) in [6, 6.07) is 10.6. The van der Waals surface area contributed by atoms with Crippen LogP contribution in [0.25, 0.3) is 5.65 Å². The molecule has 0 bridgehead atoms. The van der Waals surface area contributed by atoms with Crippen molar-refractivity contribution in [3.8, 4) is 0 Å². The van der Waals surface area contributed by atoms with Gasteiger partial charge in [0, 0.05) is 38.4 Å². The van der Waals surface area contributed by atoms with E-state index in [0.29, 0.717) is 18.9 Å². The summed E-state index contributed by atoms with van der Waals surface area (Å²) in [6.07, 6.45) is 10.9. The second kappa shape index (κ2) is 8.20. The third-order valence-electron chi connectivity index (χ3n) is 5.30. The van der Waals surface area contributed by atoms with Crippen LogP contribution in [0, 0.1) is 5.92 Å². The molecule has 0 aliphatic carbocycles. The van der Waals surface area contributed by atoms with E-state index in [2.05, 4.69) is 45.6 Å². The van der Waals surface area contributed by atoms with Crippen molar-refractivity contribution in [2.45, 2.75) is 25.7 Å². The molecule has 4 rings (SSSR count). The first-order valence-electron chi connectivity index (χ1n) is 9.62. The van der Waals surface area contributed by atoms with Crippen LogP contribution in [0.15, 0.2) is 55.1 Å². The number of benzene rings is 1. The van der Waals surface area contributed by atoms with Crippen molar-refractivity contribution in [2.75, 3.05) is 25.0 Å². The average Bonchev–Trinajstić information content (AvgIpc) is 3.12. The summed E-state index contributed by atoms with van der Waals surface area (Å²) in [4.78, 5) is 22.9. The van der Waals surface area contributed by atoms with Gasteiger partial charge in [-0.05, 0) is 30.7 Å². The summed E-state index contributed by atoms with van der Waals surface area (Å²) in [5.74, 6) is 1.80. The zero-order valence-electron chi connectivity index (χ0n) is 15.4. The van der Waals surface area contributed by atoms with Crippen molar-refractivity contribution in [2.24, 2.45) is 5.92 Å². The van der Waals surface area contributed by atoms with Crippen LogP contribution >= 0.6 is 0 Å². The number of nitrogens with one attached hydrogen (secondary N) is 1. The molecule has 1 aromatic carbocycles. The standard InChI is InChI=1S/C21H25N5O/c27-21(6-9-23-20-16-24-19-15-22-10-13-26(19)20)25-11-7-18(8-12-25)14-17-4-2-1-3-5-17/h1-5,10,13,15-16,18,23H,6-9,11-12,14H2. The molecule has 1 amide bonds. The molecule has 3 heterocycles. The Bertz CT molecular complexity index is 884. The van der Waals surface area contributed by atoms with Gasteiger partial charge >= 0.3 is 0 Å². The lowest BCUT2D eigenvalue weighted by Gasteiger charge is -2.32. The summed E-state index contributed by atoms with van der Waals surface area (Å²) in [7, 11) is 0. The first-order chi connectivity index (χ1) is 13.3. The third kappa shape index (κ3) is 4.27. The minimum atomic E-state index is 0.233. The van der Waals surface area contributed by atoms with Gasteiger partial charge in [0.25, 0.3) is 0 Å². The number of piperidine rings is 1. The van der Waals surface area contributed by atoms with E-state index in [0.717, 1.165) is 43.8 Å². The molecule has 0 unspecified atom stereocenters. The van der Waals surface area contributed by atoms with Gasteiger partial charge in [-0.2, -0.15) is 0 Å². The second-order valence-electron chi connectivity index (χ2n) is 7.14. The zero-order valence-corrected chi connectivity index (χ0v) is 15.4. The molecule has 0 atom stereocenters. The van der Waals surface area contributed by atoms with Gasteiger partial charge in [0.05, 0.1) is 12.4 Å². The largest absolute Gasteiger partial charge is 0.369 e. The van der Waals surface area contributed by atoms with Crippen molar-refractivity contribution < 1.29 is 4.79 Å². The summed E-state index contributed by atoms with van der Waals surface area (Å²) >= 11 is 0. The lowest BCUT2D eigenvalue weighted by Crippen LogP contribution is -2.39. The van der Waals surface area contributed by atoms with E-state index in [9.17, 15) is 4.79 Å². The van der Waals surface area contributed by atoms with Crippen molar-refractivity contribution >= 4 is 17.4 Å². The quantitative estimate of drug-likeness (QED) is 0.731. The number of fused-ring (bicyclic) bond motifs is 1. The molecule has 1 aliphatic rings. The molecule has 27 heavy (non-hydrogen) atoms. The van der Waals surface area contributed by atoms with Crippen molar-refractivity contribution in [1.82, 2.24) is 19.3 Å². The first kappa shape index (κ1) is 17.5. The number of carbonyl (C=O) groups excluding carboxylic acids is 1. The number of amides is 1. The summed E-state index contributed by atoms with van der Waals surface area (Å²) < 4.78 is 1.94. The number of imidazole rings is 1. The molecule has 0 radical (unpaired) electrons. The highest BCUT2D eigenvalue weighted by atomic mass is 16.2. The Balaban J connectivity index is 1.21. The zero-order chi connectivity index (χ0) is 18.5. The van der Waals surface area contributed by atoms with E-state index in [4.69, 9.17) is 0 Å². The molecule has 1 N–H and O–H groups in total. The molecule has 1 fully saturated rings. The van der Waals surface area contributed by atoms with Gasteiger partial charge < -0.3 is 10.2 Å². The van der Waals surface area contributed by atoms with Crippen LogP contribution in [0.4, 0.5) is 5.82 Å². The maximum Gasteiger partial charge on any atom is 0.224 e. The van der Waals surface area contributed by atoms with Gasteiger partial charge in [-0.3, -0.25) is 14.2 Å². The Labute approximate surface area is 159 Å². The third-order valence-corrected chi connectivity index (χ3v) is 5.30. The fourth-order valence-electron chi connectivity index (χ4n) is 3.76. The van der Waals surface area contributed by atoms with E-state index in [1.807, 2.05) is 15.5 Å². The smallest absolute Gasteiger partial charge is 0.224 e. The van der Waals surface area contributed by atoms with Crippen molar-refractivity contribution in [3.63, 3.8) is 0 Å². The number of hydrogen-bond acceptors (Lipinski definition) is 4. The molecule has 1 aliphatic heterocycles. The normalized spacial score (nSPS) is 15.2.